The van der Waals surface area contributed by atoms with E-state index in [0.29, 0.717) is 0 Å². The average Bonchev–Trinajstić information content (AvgIpc) is 2.93. The van der Waals surface area contributed by atoms with Crippen LogP contribution in [0.2, 0.25) is 0 Å². The molecule has 6 rings (SSSR count). The molecular weight excluding hydrogens is 508 g/mol. The van der Waals surface area contributed by atoms with Gasteiger partial charge in [0.15, 0.2) is 0 Å². The number of rotatable bonds is 2. The Kier molecular flexibility index (Phi) is 8.47. The molecule has 0 atom stereocenters. The summed E-state index contributed by atoms with van der Waals surface area (Å²) in [5.74, 6) is 13.3. The second-order valence-corrected chi connectivity index (χ2v) is 13.7. The molecule has 0 saturated heterocycles. The number of nitrogens with zero attached hydrogens (tertiary/aromatic N) is 2. The summed E-state index contributed by atoms with van der Waals surface area (Å²) in [6, 6.07) is 33.9. The molecule has 4 aromatic carbocycles. The van der Waals surface area contributed by atoms with Crippen LogP contribution in [0.1, 0.15) is 74.9 Å². The summed E-state index contributed by atoms with van der Waals surface area (Å²) in [5, 5.41) is 0. The second-order valence-electron chi connectivity index (χ2n) is 13.7. The second kappa shape index (κ2) is 12.2. The zero-order chi connectivity index (χ0) is 29.7. The first-order valence-electron chi connectivity index (χ1n) is 14.9. The molecule has 2 nitrogen and oxygen atoms in total. The van der Waals surface area contributed by atoms with E-state index in [1.807, 2.05) is 0 Å². The first kappa shape index (κ1) is 29.1. The van der Waals surface area contributed by atoms with E-state index in [2.05, 4.69) is 172 Å². The SMILES string of the molecule is CC(C)(C)CN1Cc2ccccc2C#Cc2ccccc21.CC(C)(C)CN1Cc2ccccc2C#Cc2ccccc21. The van der Waals surface area contributed by atoms with Gasteiger partial charge in [-0.15, -0.1) is 0 Å². The van der Waals surface area contributed by atoms with Crippen molar-refractivity contribution < 1.29 is 0 Å². The molecule has 0 saturated carbocycles. The van der Waals surface area contributed by atoms with Crippen LogP contribution in [0.25, 0.3) is 0 Å². The highest BCUT2D eigenvalue weighted by molar-refractivity contribution is 5.65. The minimum atomic E-state index is 0.245. The molecule has 0 unspecified atom stereocenters. The summed E-state index contributed by atoms with van der Waals surface area (Å²) in [6.07, 6.45) is 0. The maximum absolute atomic E-state index is 3.35. The van der Waals surface area contributed by atoms with Crippen LogP contribution in [0.5, 0.6) is 0 Å². The standard InChI is InChI=1S/2C20H21N/c2*1-20(2,3)15-21-14-18-10-5-4-8-16(18)12-13-17-9-6-7-11-19(17)21/h2*4-11H,14-15H2,1-3H3. The summed E-state index contributed by atoms with van der Waals surface area (Å²) in [4.78, 5) is 4.92. The summed E-state index contributed by atoms with van der Waals surface area (Å²) in [5.41, 5.74) is 10.1. The maximum Gasteiger partial charge on any atom is 0.0528 e. The highest BCUT2D eigenvalue weighted by Gasteiger charge is 2.22. The molecule has 42 heavy (non-hydrogen) atoms. The number of anilines is 2. The molecule has 2 aliphatic heterocycles. The molecule has 0 N–H and O–H groups in total. The fourth-order valence-electron chi connectivity index (χ4n) is 5.55. The number of hydrogen-bond acceptors (Lipinski definition) is 2. The van der Waals surface area contributed by atoms with E-state index in [4.69, 9.17) is 0 Å². The van der Waals surface area contributed by atoms with Gasteiger partial charge in [-0.25, -0.2) is 0 Å². The number of para-hydroxylation sites is 2. The first-order valence-corrected chi connectivity index (χ1v) is 14.9. The lowest BCUT2D eigenvalue weighted by Gasteiger charge is -2.33. The first-order chi connectivity index (χ1) is 20.1. The minimum Gasteiger partial charge on any atom is -0.366 e. The predicted molar refractivity (Wildman–Crippen MR) is 179 cm³/mol. The Bertz CT molecular complexity index is 1550. The normalized spacial score (nSPS) is 13.4. The Morgan fingerprint density at radius 3 is 1.14 bits per heavy atom. The van der Waals surface area contributed by atoms with Crippen LogP contribution >= 0.6 is 0 Å². The van der Waals surface area contributed by atoms with Gasteiger partial charge in [-0.1, -0.05) is 126 Å². The van der Waals surface area contributed by atoms with Crippen LogP contribution in [-0.4, -0.2) is 13.1 Å². The lowest BCUT2D eigenvalue weighted by molar-refractivity contribution is 0.408. The Morgan fingerprint density at radius 2 is 0.762 bits per heavy atom. The van der Waals surface area contributed by atoms with E-state index < -0.39 is 0 Å². The number of fused-ring (bicyclic) bond motifs is 4. The van der Waals surface area contributed by atoms with Gasteiger partial charge in [-0.2, -0.15) is 0 Å². The quantitative estimate of drug-likeness (QED) is 0.230. The molecule has 2 heterocycles. The Morgan fingerprint density at radius 1 is 0.452 bits per heavy atom. The van der Waals surface area contributed by atoms with Crippen molar-refractivity contribution in [2.75, 3.05) is 22.9 Å². The summed E-state index contributed by atoms with van der Waals surface area (Å²) >= 11 is 0. The van der Waals surface area contributed by atoms with E-state index in [1.165, 1.54) is 22.5 Å². The third-order valence-electron chi connectivity index (χ3n) is 7.24. The van der Waals surface area contributed by atoms with Gasteiger partial charge >= 0.3 is 0 Å². The third-order valence-corrected chi connectivity index (χ3v) is 7.24. The molecular formula is C40H42N2. The van der Waals surface area contributed by atoms with Crippen LogP contribution in [0.4, 0.5) is 11.4 Å². The third kappa shape index (κ3) is 7.46. The molecule has 0 bridgehead atoms. The van der Waals surface area contributed by atoms with Crippen LogP contribution in [-0.2, 0) is 13.1 Å². The molecule has 0 spiro atoms. The van der Waals surface area contributed by atoms with Crippen molar-refractivity contribution in [2.24, 2.45) is 10.8 Å². The molecule has 212 valence electrons. The van der Waals surface area contributed by atoms with E-state index in [-0.39, 0.29) is 10.8 Å². The minimum absolute atomic E-state index is 0.245. The highest BCUT2D eigenvalue weighted by atomic mass is 15.1. The molecule has 0 radical (unpaired) electrons. The molecule has 2 aliphatic rings. The van der Waals surface area contributed by atoms with Crippen molar-refractivity contribution in [3.63, 3.8) is 0 Å². The van der Waals surface area contributed by atoms with E-state index in [0.717, 1.165) is 48.4 Å². The number of hydrogen-bond donors (Lipinski definition) is 0. The lowest BCUT2D eigenvalue weighted by atomic mass is 9.94. The Labute approximate surface area is 253 Å². The van der Waals surface area contributed by atoms with Crippen molar-refractivity contribution in [3.05, 3.63) is 130 Å². The van der Waals surface area contributed by atoms with Gasteiger partial charge in [0, 0.05) is 48.4 Å². The van der Waals surface area contributed by atoms with Gasteiger partial charge in [-0.3, -0.25) is 0 Å². The van der Waals surface area contributed by atoms with Gasteiger partial charge in [-0.05, 0) is 58.4 Å². The number of benzene rings is 4. The van der Waals surface area contributed by atoms with Crippen molar-refractivity contribution in [2.45, 2.75) is 54.6 Å². The molecule has 0 amide bonds. The van der Waals surface area contributed by atoms with Gasteiger partial charge < -0.3 is 9.80 Å². The topological polar surface area (TPSA) is 6.48 Å². The monoisotopic (exact) mass is 550 g/mol. The van der Waals surface area contributed by atoms with Crippen LogP contribution < -0.4 is 9.80 Å². The lowest BCUT2D eigenvalue weighted by Crippen LogP contribution is -2.33. The fourth-order valence-corrected chi connectivity index (χ4v) is 5.55. The van der Waals surface area contributed by atoms with Crippen molar-refractivity contribution in [1.29, 1.82) is 0 Å². The fraction of sp³-hybridized carbons (Fsp3) is 0.300. The van der Waals surface area contributed by atoms with Gasteiger partial charge in [0.25, 0.3) is 0 Å². The zero-order valence-electron chi connectivity index (χ0n) is 26.0. The van der Waals surface area contributed by atoms with E-state index >= 15 is 0 Å². The molecule has 2 heteroatoms. The molecule has 0 fully saturated rings. The van der Waals surface area contributed by atoms with Gasteiger partial charge in [0.05, 0.1) is 11.4 Å². The summed E-state index contributed by atoms with van der Waals surface area (Å²) in [7, 11) is 0. The van der Waals surface area contributed by atoms with Crippen LogP contribution in [0.15, 0.2) is 97.1 Å². The maximum atomic E-state index is 3.35. The highest BCUT2D eigenvalue weighted by Crippen LogP contribution is 2.30. The summed E-state index contributed by atoms with van der Waals surface area (Å²) in [6.45, 7) is 17.6. The van der Waals surface area contributed by atoms with E-state index in [9.17, 15) is 0 Å². The van der Waals surface area contributed by atoms with Crippen LogP contribution in [0.3, 0.4) is 0 Å². The Balaban J connectivity index is 0.000000168. The molecule has 0 aliphatic carbocycles. The Hall–Kier alpha value is -4.40. The van der Waals surface area contributed by atoms with E-state index in [1.54, 1.807) is 0 Å². The van der Waals surface area contributed by atoms with Gasteiger partial charge in [0.1, 0.15) is 0 Å². The largest absolute Gasteiger partial charge is 0.366 e. The van der Waals surface area contributed by atoms with Crippen molar-refractivity contribution >= 4 is 11.4 Å². The van der Waals surface area contributed by atoms with Crippen molar-refractivity contribution in [3.8, 4) is 23.7 Å². The van der Waals surface area contributed by atoms with Gasteiger partial charge in [0.2, 0.25) is 0 Å². The van der Waals surface area contributed by atoms with Crippen molar-refractivity contribution in [1.82, 2.24) is 0 Å². The smallest absolute Gasteiger partial charge is 0.0528 e. The molecule has 4 aromatic rings. The summed E-state index contributed by atoms with van der Waals surface area (Å²) < 4.78 is 0. The predicted octanol–water partition coefficient (Wildman–Crippen LogP) is 8.91. The van der Waals surface area contributed by atoms with Crippen LogP contribution in [0, 0.1) is 34.5 Å². The zero-order valence-corrected chi connectivity index (χ0v) is 26.0. The molecule has 0 aromatic heterocycles. The average molecular weight is 551 g/mol.